The van der Waals surface area contributed by atoms with Gasteiger partial charge in [-0.05, 0) is 19.3 Å². The molecule has 0 radical (unpaired) electrons. The van der Waals surface area contributed by atoms with Crippen molar-refractivity contribution in [1.29, 1.82) is 0 Å². The van der Waals surface area contributed by atoms with Crippen LogP contribution in [0.25, 0.3) is 0 Å². The fourth-order valence-electron chi connectivity index (χ4n) is 1.55. The summed E-state index contributed by atoms with van der Waals surface area (Å²) in [5.74, 6) is -2.08. The van der Waals surface area contributed by atoms with Gasteiger partial charge in [0.2, 0.25) is 5.91 Å². The zero-order chi connectivity index (χ0) is 13.8. The van der Waals surface area contributed by atoms with E-state index in [1.807, 2.05) is 0 Å². The molecule has 1 rings (SSSR count). The van der Waals surface area contributed by atoms with Gasteiger partial charge in [-0.15, -0.1) is 23.2 Å². The van der Waals surface area contributed by atoms with E-state index in [9.17, 15) is 9.59 Å². The maximum absolute atomic E-state index is 11.6. The lowest BCUT2D eigenvalue weighted by Gasteiger charge is -2.06. The van der Waals surface area contributed by atoms with E-state index in [2.05, 4.69) is 12.2 Å². The van der Waals surface area contributed by atoms with Crippen LogP contribution in [0, 0.1) is 5.92 Å². The maximum atomic E-state index is 11.6. The predicted molar refractivity (Wildman–Crippen MR) is 70.5 cm³/mol. The molecular formula is C12H17Cl2NO3. The van der Waals surface area contributed by atoms with Crippen molar-refractivity contribution >= 4 is 35.1 Å². The molecule has 0 aromatic rings. The third kappa shape index (κ3) is 4.50. The van der Waals surface area contributed by atoms with Gasteiger partial charge in [0.05, 0.1) is 5.92 Å². The van der Waals surface area contributed by atoms with Crippen LogP contribution in [0.2, 0.25) is 0 Å². The summed E-state index contributed by atoms with van der Waals surface area (Å²) in [4.78, 5) is 22.6. The zero-order valence-corrected chi connectivity index (χ0v) is 11.7. The largest absolute Gasteiger partial charge is 0.477 e. The highest BCUT2D eigenvalue weighted by Crippen LogP contribution is 2.53. The highest BCUT2D eigenvalue weighted by molar-refractivity contribution is 6.52. The zero-order valence-electron chi connectivity index (χ0n) is 10.2. The standard InChI is InChI=1S/C12H17Cl2NO3/c1-2-3-4-5-6-9(11(17)18)15-10(16)8-7-12(8,13)14/h6,8H,2-5,7H2,1H3,(H,15,16)(H,17,18)/b9-6+. The summed E-state index contributed by atoms with van der Waals surface area (Å²) in [5, 5.41) is 11.3. The van der Waals surface area contributed by atoms with Gasteiger partial charge in [0.1, 0.15) is 10.0 Å². The second kappa shape index (κ2) is 6.43. The Labute approximate surface area is 116 Å². The van der Waals surface area contributed by atoms with Crippen LogP contribution in [0.15, 0.2) is 11.8 Å². The number of nitrogens with one attached hydrogen (secondary N) is 1. The van der Waals surface area contributed by atoms with Crippen LogP contribution in [0.1, 0.15) is 39.0 Å². The van der Waals surface area contributed by atoms with Crippen LogP contribution in [-0.2, 0) is 9.59 Å². The van der Waals surface area contributed by atoms with E-state index in [-0.39, 0.29) is 5.70 Å². The number of alkyl halides is 2. The molecule has 1 aliphatic carbocycles. The van der Waals surface area contributed by atoms with Gasteiger partial charge in [0.25, 0.3) is 0 Å². The van der Waals surface area contributed by atoms with Crippen LogP contribution in [0.5, 0.6) is 0 Å². The number of hydrogen-bond acceptors (Lipinski definition) is 2. The van der Waals surface area contributed by atoms with Crippen molar-refractivity contribution in [2.45, 2.75) is 43.4 Å². The van der Waals surface area contributed by atoms with Crippen molar-refractivity contribution in [3.8, 4) is 0 Å². The summed E-state index contributed by atoms with van der Waals surface area (Å²) in [6, 6.07) is 0. The van der Waals surface area contributed by atoms with Gasteiger partial charge < -0.3 is 10.4 Å². The lowest BCUT2D eigenvalue weighted by atomic mass is 10.2. The van der Waals surface area contributed by atoms with E-state index >= 15 is 0 Å². The molecule has 0 bridgehead atoms. The molecule has 102 valence electrons. The number of halogens is 2. The van der Waals surface area contributed by atoms with Gasteiger partial charge in [0, 0.05) is 0 Å². The summed E-state index contributed by atoms with van der Waals surface area (Å²) < 4.78 is -1.03. The van der Waals surface area contributed by atoms with E-state index in [1.54, 1.807) is 0 Å². The van der Waals surface area contributed by atoms with Crippen LogP contribution in [0.4, 0.5) is 0 Å². The Morgan fingerprint density at radius 1 is 1.44 bits per heavy atom. The predicted octanol–water partition coefficient (Wildman–Crippen LogP) is 2.85. The van der Waals surface area contributed by atoms with Gasteiger partial charge in [-0.25, -0.2) is 4.79 Å². The lowest BCUT2D eigenvalue weighted by Crippen LogP contribution is -2.30. The molecule has 0 aromatic heterocycles. The number of allylic oxidation sites excluding steroid dienone is 1. The SMILES string of the molecule is CCCCC/C=C(/NC(=O)C1CC1(Cl)Cl)C(=O)O. The Morgan fingerprint density at radius 2 is 2.06 bits per heavy atom. The smallest absolute Gasteiger partial charge is 0.352 e. The number of unbranched alkanes of at least 4 members (excludes halogenated alkanes) is 3. The number of carbonyl (C=O) groups is 2. The highest BCUT2D eigenvalue weighted by atomic mass is 35.5. The molecule has 6 heteroatoms. The third-order valence-electron chi connectivity index (χ3n) is 2.79. The molecule has 4 nitrogen and oxygen atoms in total. The fourth-order valence-corrected chi connectivity index (χ4v) is 2.06. The van der Waals surface area contributed by atoms with Crippen LogP contribution in [-0.4, -0.2) is 21.3 Å². The molecule has 1 unspecified atom stereocenters. The van der Waals surface area contributed by atoms with Crippen LogP contribution >= 0.6 is 23.2 Å². The monoisotopic (exact) mass is 293 g/mol. The Bertz CT molecular complexity index is 366. The van der Waals surface area contributed by atoms with E-state index in [1.165, 1.54) is 6.08 Å². The van der Waals surface area contributed by atoms with Gasteiger partial charge in [0.15, 0.2) is 0 Å². The first kappa shape index (κ1) is 15.3. The number of carboxylic acid groups (broad SMARTS) is 1. The number of rotatable bonds is 7. The van der Waals surface area contributed by atoms with E-state index in [0.717, 1.165) is 19.3 Å². The first-order valence-electron chi connectivity index (χ1n) is 6.00. The molecular weight excluding hydrogens is 277 g/mol. The Morgan fingerprint density at radius 3 is 2.50 bits per heavy atom. The van der Waals surface area contributed by atoms with Gasteiger partial charge in [-0.2, -0.15) is 0 Å². The van der Waals surface area contributed by atoms with Gasteiger partial charge in [-0.1, -0.05) is 25.8 Å². The van der Waals surface area contributed by atoms with E-state index < -0.39 is 22.1 Å². The molecule has 0 saturated heterocycles. The molecule has 1 atom stereocenters. The average molecular weight is 294 g/mol. The summed E-state index contributed by atoms with van der Waals surface area (Å²) in [6.07, 6.45) is 5.53. The van der Waals surface area contributed by atoms with Crippen molar-refractivity contribution in [3.63, 3.8) is 0 Å². The van der Waals surface area contributed by atoms with Crippen molar-refractivity contribution < 1.29 is 14.7 Å². The first-order valence-corrected chi connectivity index (χ1v) is 6.76. The minimum Gasteiger partial charge on any atom is -0.477 e. The summed E-state index contributed by atoms with van der Waals surface area (Å²) >= 11 is 11.5. The van der Waals surface area contributed by atoms with Crippen molar-refractivity contribution in [1.82, 2.24) is 5.32 Å². The van der Waals surface area contributed by atoms with E-state index in [0.29, 0.717) is 12.8 Å². The Hall–Kier alpha value is -0.740. The molecule has 1 saturated carbocycles. The number of amides is 1. The van der Waals surface area contributed by atoms with Crippen molar-refractivity contribution in [2.24, 2.45) is 5.92 Å². The minimum atomic E-state index is -1.14. The topological polar surface area (TPSA) is 66.4 Å². The first-order chi connectivity index (χ1) is 8.38. The third-order valence-corrected chi connectivity index (χ3v) is 3.62. The van der Waals surface area contributed by atoms with E-state index in [4.69, 9.17) is 28.3 Å². The molecule has 0 aliphatic heterocycles. The lowest BCUT2D eigenvalue weighted by molar-refractivity contribution is -0.134. The average Bonchev–Trinajstić information content (AvgIpc) is 2.92. The van der Waals surface area contributed by atoms with Gasteiger partial charge >= 0.3 is 5.97 Å². The molecule has 1 aliphatic rings. The normalized spacial score (nSPS) is 21.5. The Balaban J connectivity index is 2.48. The second-order valence-corrected chi connectivity index (χ2v) is 5.97. The second-order valence-electron chi connectivity index (χ2n) is 4.43. The molecule has 1 fully saturated rings. The van der Waals surface area contributed by atoms with Gasteiger partial charge in [-0.3, -0.25) is 4.79 Å². The van der Waals surface area contributed by atoms with Crippen LogP contribution in [0.3, 0.4) is 0 Å². The van der Waals surface area contributed by atoms with Crippen molar-refractivity contribution in [3.05, 3.63) is 11.8 Å². The van der Waals surface area contributed by atoms with Crippen molar-refractivity contribution in [2.75, 3.05) is 0 Å². The number of aliphatic carboxylic acids is 1. The molecule has 0 heterocycles. The maximum Gasteiger partial charge on any atom is 0.352 e. The number of carbonyl (C=O) groups excluding carboxylic acids is 1. The molecule has 1 amide bonds. The molecule has 18 heavy (non-hydrogen) atoms. The van der Waals surface area contributed by atoms with Crippen LogP contribution < -0.4 is 5.32 Å². The molecule has 0 spiro atoms. The summed E-state index contributed by atoms with van der Waals surface area (Å²) in [7, 11) is 0. The summed E-state index contributed by atoms with van der Waals surface area (Å²) in [5.41, 5.74) is -0.0906. The Kier molecular flexibility index (Phi) is 5.47. The molecule has 0 aromatic carbocycles. The quantitative estimate of drug-likeness (QED) is 0.431. The summed E-state index contributed by atoms with van der Waals surface area (Å²) in [6.45, 7) is 2.07. The molecule has 2 N–H and O–H groups in total. The number of carboxylic acids is 1. The minimum absolute atomic E-state index is 0.0906. The fraction of sp³-hybridized carbons (Fsp3) is 0.667. The highest BCUT2D eigenvalue weighted by Gasteiger charge is 2.56. The number of hydrogen-bond donors (Lipinski definition) is 2.